The van der Waals surface area contributed by atoms with Crippen molar-refractivity contribution in [1.82, 2.24) is 0 Å². The lowest BCUT2D eigenvalue weighted by Crippen LogP contribution is -2.31. The van der Waals surface area contributed by atoms with Gasteiger partial charge in [-0.05, 0) is 13.8 Å². The summed E-state index contributed by atoms with van der Waals surface area (Å²) in [6.45, 7) is 3.81. The highest BCUT2D eigenvalue weighted by molar-refractivity contribution is 5.97. The number of aryl methyl sites for hydroxylation is 2. The molecule has 0 spiro atoms. The Morgan fingerprint density at radius 3 is 2.00 bits per heavy atom. The summed E-state index contributed by atoms with van der Waals surface area (Å²) in [6, 6.07) is 14.5. The molecule has 0 aromatic heterocycles. The van der Waals surface area contributed by atoms with Gasteiger partial charge in [-0.15, -0.1) is 0 Å². The third kappa shape index (κ3) is 6.05. The molecular weight excluding hydrogens is 372 g/mol. The van der Waals surface area contributed by atoms with E-state index in [9.17, 15) is 14.7 Å². The van der Waals surface area contributed by atoms with Crippen LogP contribution in [0.3, 0.4) is 0 Å². The number of aliphatic hydroxyl groups excluding tert-OH is 1. The van der Waals surface area contributed by atoms with E-state index in [1.165, 1.54) is 0 Å². The van der Waals surface area contributed by atoms with Gasteiger partial charge in [0.25, 0.3) is 0 Å². The largest absolute Gasteiger partial charge is 0.370 e. The van der Waals surface area contributed by atoms with E-state index in [2.05, 4.69) is 0 Å². The number of ether oxygens (including phenoxy) is 3. The number of carbonyl (C=O) groups excluding carboxylic acids is 2. The molecule has 1 aliphatic rings. The fourth-order valence-corrected chi connectivity index (χ4v) is 3.11. The summed E-state index contributed by atoms with van der Waals surface area (Å²) in [6.07, 6.45) is -1.74. The number of hydrogen-bond acceptors (Lipinski definition) is 6. The molecular formula is C23H26O6. The van der Waals surface area contributed by atoms with Gasteiger partial charge in [-0.1, -0.05) is 59.7 Å². The zero-order valence-corrected chi connectivity index (χ0v) is 16.7. The van der Waals surface area contributed by atoms with E-state index in [0.717, 1.165) is 11.1 Å². The summed E-state index contributed by atoms with van der Waals surface area (Å²) in [5, 5.41) is 9.79. The monoisotopic (exact) mass is 398 g/mol. The van der Waals surface area contributed by atoms with Gasteiger partial charge in [0, 0.05) is 17.5 Å². The van der Waals surface area contributed by atoms with Gasteiger partial charge in [0.15, 0.2) is 17.9 Å². The molecule has 0 aliphatic carbocycles. The predicted octanol–water partition coefficient (Wildman–Crippen LogP) is 2.88. The van der Waals surface area contributed by atoms with Crippen LogP contribution < -0.4 is 0 Å². The average molecular weight is 398 g/mol. The molecule has 0 amide bonds. The lowest BCUT2D eigenvalue weighted by atomic mass is 10.1. The number of benzene rings is 2. The van der Waals surface area contributed by atoms with Crippen molar-refractivity contribution >= 4 is 11.6 Å². The van der Waals surface area contributed by atoms with Crippen LogP contribution in [-0.4, -0.2) is 55.0 Å². The molecule has 3 atom stereocenters. The lowest BCUT2D eigenvalue weighted by Gasteiger charge is -2.18. The molecule has 2 aromatic rings. The zero-order chi connectivity index (χ0) is 20.8. The van der Waals surface area contributed by atoms with Crippen LogP contribution >= 0.6 is 0 Å². The molecule has 1 heterocycles. The van der Waals surface area contributed by atoms with Crippen LogP contribution in [0.2, 0.25) is 0 Å². The first-order valence-electron chi connectivity index (χ1n) is 9.65. The number of carbonyl (C=O) groups is 2. The van der Waals surface area contributed by atoms with E-state index in [4.69, 9.17) is 14.2 Å². The van der Waals surface area contributed by atoms with Crippen LogP contribution in [0, 0.1) is 13.8 Å². The van der Waals surface area contributed by atoms with Gasteiger partial charge in [0.2, 0.25) is 0 Å². The van der Waals surface area contributed by atoms with Crippen molar-refractivity contribution < 1.29 is 28.9 Å². The lowest BCUT2D eigenvalue weighted by molar-refractivity contribution is -0.117. The van der Waals surface area contributed by atoms with E-state index in [1.54, 1.807) is 24.3 Å². The summed E-state index contributed by atoms with van der Waals surface area (Å²) in [4.78, 5) is 24.5. The second-order valence-electron chi connectivity index (χ2n) is 7.31. The van der Waals surface area contributed by atoms with Crippen LogP contribution in [-0.2, 0) is 14.2 Å². The summed E-state index contributed by atoms with van der Waals surface area (Å²) in [7, 11) is 0. The highest BCUT2D eigenvalue weighted by atomic mass is 16.6. The van der Waals surface area contributed by atoms with Crippen LogP contribution in [0.25, 0.3) is 0 Å². The molecule has 1 aliphatic heterocycles. The van der Waals surface area contributed by atoms with Gasteiger partial charge in [-0.3, -0.25) is 9.59 Å². The number of rotatable bonds is 9. The van der Waals surface area contributed by atoms with Gasteiger partial charge in [0.1, 0.15) is 19.3 Å². The first kappa shape index (κ1) is 21.3. The van der Waals surface area contributed by atoms with E-state index in [0.29, 0.717) is 11.1 Å². The van der Waals surface area contributed by atoms with Crippen molar-refractivity contribution in [2.75, 3.05) is 19.8 Å². The molecule has 29 heavy (non-hydrogen) atoms. The number of Topliss-reactive ketones (excluding diaryl/α,β-unsaturated/α-hetero) is 2. The van der Waals surface area contributed by atoms with E-state index < -0.39 is 18.5 Å². The fourth-order valence-electron chi connectivity index (χ4n) is 3.11. The van der Waals surface area contributed by atoms with Crippen molar-refractivity contribution in [2.45, 2.75) is 38.8 Å². The van der Waals surface area contributed by atoms with Crippen molar-refractivity contribution in [3.8, 4) is 0 Å². The van der Waals surface area contributed by atoms with Crippen LogP contribution in [0.1, 0.15) is 38.3 Å². The Morgan fingerprint density at radius 2 is 1.45 bits per heavy atom. The number of hydrogen-bond donors (Lipinski definition) is 1. The van der Waals surface area contributed by atoms with Crippen molar-refractivity contribution in [1.29, 1.82) is 0 Å². The molecule has 0 saturated carbocycles. The molecule has 1 fully saturated rings. The molecule has 154 valence electrons. The molecule has 6 nitrogen and oxygen atoms in total. The maximum Gasteiger partial charge on any atom is 0.188 e. The molecule has 0 bridgehead atoms. The van der Waals surface area contributed by atoms with Crippen molar-refractivity contribution in [3.05, 3.63) is 70.8 Å². The summed E-state index contributed by atoms with van der Waals surface area (Å²) in [5.74, 6) is -0.267. The molecule has 1 unspecified atom stereocenters. The summed E-state index contributed by atoms with van der Waals surface area (Å²) >= 11 is 0. The van der Waals surface area contributed by atoms with E-state index in [-0.39, 0.29) is 37.8 Å². The maximum atomic E-state index is 12.3. The molecule has 3 rings (SSSR count). The van der Waals surface area contributed by atoms with Crippen LogP contribution in [0.5, 0.6) is 0 Å². The quantitative estimate of drug-likeness (QED) is 0.654. The second-order valence-corrected chi connectivity index (χ2v) is 7.31. The Balaban J connectivity index is 1.47. The van der Waals surface area contributed by atoms with Gasteiger partial charge in [0.05, 0.1) is 12.7 Å². The minimum absolute atomic E-state index is 0.0893. The highest BCUT2D eigenvalue weighted by Gasteiger charge is 2.35. The third-order valence-corrected chi connectivity index (χ3v) is 4.87. The Hall–Kier alpha value is -2.38. The smallest absolute Gasteiger partial charge is 0.188 e. The van der Waals surface area contributed by atoms with Crippen molar-refractivity contribution in [2.24, 2.45) is 0 Å². The van der Waals surface area contributed by atoms with E-state index >= 15 is 0 Å². The van der Waals surface area contributed by atoms with Crippen LogP contribution in [0.4, 0.5) is 0 Å². The first-order valence-corrected chi connectivity index (χ1v) is 9.65. The predicted molar refractivity (Wildman–Crippen MR) is 107 cm³/mol. The van der Waals surface area contributed by atoms with Crippen LogP contribution in [0.15, 0.2) is 48.5 Å². The third-order valence-electron chi connectivity index (χ3n) is 4.87. The van der Waals surface area contributed by atoms with Gasteiger partial charge >= 0.3 is 0 Å². The standard InChI is InChI=1S/C23H26O6/c1-15-3-7-17(8-4-15)19(24)12-27-14-22-21(11-23(26)29-22)28-13-20(25)18-9-5-16(2)6-10-18/h3-10,21-23,26H,11-14H2,1-2H3/t21-,22+,23?/m0/s1. The second kappa shape index (κ2) is 9.89. The first-order chi connectivity index (χ1) is 13.9. The topological polar surface area (TPSA) is 82.1 Å². The van der Waals surface area contributed by atoms with Gasteiger partial charge < -0.3 is 19.3 Å². The zero-order valence-electron chi connectivity index (χ0n) is 16.7. The van der Waals surface area contributed by atoms with Gasteiger partial charge in [-0.2, -0.15) is 0 Å². The summed E-state index contributed by atoms with van der Waals surface area (Å²) in [5.41, 5.74) is 3.31. The van der Waals surface area contributed by atoms with Crippen molar-refractivity contribution in [3.63, 3.8) is 0 Å². The average Bonchev–Trinajstić information content (AvgIpc) is 3.06. The SMILES string of the molecule is Cc1ccc(C(=O)COC[C@H]2OC(O)C[C@@H]2OCC(=O)c2ccc(C)cc2)cc1. The molecule has 2 aromatic carbocycles. The Morgan fingerprint density at radius 1 is 0.931 bits per heavy atom. The van der Waals surface area contributed by atoms with Gasteiger partial charge in [-0.25, -0.2) is 0 Å². The number of aliphatic hydroxyl groups is 1. The number of ketones is 2. The Kier molecular flexibility index (Phi) is 7.28. The Labute approximate surface area is 170 Å². The molecule has 0 radical (unpaired) electrons. The van der Waals surface area contributed by atoms with E-state index in [1.807, 2.05) is 38.1 Å². The highest BCUT2D eigenvalue weighted by Crippen LogP contribution is 2.22. The minimum atomic E-state index is -0.976. The Bertz CT molecular complexity index is 827. The minimum Gasteiger partial charge on any atom is -0.370 e. The summed E-state index contributed by atoms with van der Waals surface area (Å²) < 4.78 is 16.6. The molecule has 1 N–H and O–H groups in total. The maximum absolute atomic E-state index is 12.3. The molecule has 6 heteroatoms. The normalized spacial score (nSPS) is 21.3. The molecule has 1 saturated heterocycles. The fraction of sp³-hybridized carbons (Fsp3) is 0.391.